The van der Waals surface area contributed by atoms with Crippen LogP contribution < -0.4 is 10.2 Å². The molecule has 37 heavy (non-hydrogen) atoms. The monoisotopic (exact) mass is 515 g/mol. The summed E-state index contributed by atoms with van der Waals surface area (Å²) < 4.78 is 44.5. The molecule has 0 spiro atoms. The number of amides is 1. The molecule has 3 aromatic rings. The summed E-state index contributed by atoms with van der Waals surface area (Å²) in [6, 6.07) is 9.15. The van der Waals surface area contributed by atoms with Crippen molar-refractivity contribution in [1.29, 1.82) is 0 Å². The number of aryl methyl sites for hydroxylation is 1. The van der Waals surface area contributed by atoms with E-state index in [-0.39, 0.29) is 18.1 Å². The summed E-state index contributed by atoms with van der Waals surface area (Å²) in [5.41, 5.74) is 2.38. The minimum Gasteiger partial charge on any atom is -0.395 e. The van der Waals surface area contributed by atoms with Gasteiger partial charge < -0.3 is 20.1 Å². The number of alkyl halides is 3. The zero-order chi connectivity index (χ0) is 26.6. The molecule has 0 radical (unpaired) electrons. The van der Waals surface area contributed by atoms with E-state index in [1.807, 2.05) is 24.9 Å². The molecular formula is C26H28F3N5O3. The molecule has 11 heteroatoms. The molecule has 4 rings (SSSR count). The predicted octanol–water partition coefficient (Wildman–Crippen LogP) is 4.44. The summed E-state index contributed by atoms with van der Waals surface area (Å²) in [6.45, 7) is 3.60. The Balaban J connectivity index is 1.65. The van der Waals surface area contributed by atoms with Crippen LogP contribution in [-0.4, -0.2) is 59.6 Å². The first-order valence-electron chi connectivity index (χ1n) is 11.9. The van der Waals surface area contributed by atoms with E-state index < -0.39 is 17.8 Å². The number of aliphatic hydroxyl groups excluding tert-OH is 1. The Bertz CT molecular complexity index is 1260. The lowest BCUT2D eigenvalue weighted by atomic mass is 9.90. The van der Waals surface area contributed by atoms with Crippen LogP contribution in [-0.2, 0) is 10.9 Å². The average Bonchev–Trinajstić information content (AvgIpc) is 2.89. The minimum absolute atomic E-state index is 0.0179. The molecule has 0 atom stereocenters. The van der Waals surface area contributed by atoms with Crippen molar-refractivity contribution in [2.75, 3.05) is 43.6 Å². The van der Waals surface area contributed by atoms with Crippen molar-refractivity contribution in [1.82, 2.24) is 15.2 Å². The van der Waals surface area contributed by atoms with Gasteiger partial charge in [-0.2, -0.15) is 13.2 Å². The summed E-state index contributed by atoms with van der Waals surface area (Å²) in [5.74, 6) is 0.236. The van der Waals surface area contributed by atoms with Gasteiger partial charge in [0.1, 0.15) is 5.69 Å². The molecule has 1 amide bonds. The fourth-order valence-electron chi connectivity index (χ4n) is 4.30. The van der Waals surface area contributed by atoms with Crippen LogP contribution in [0.4, 0.5) is 24.7 Å². The molecule has 1 saturated heterocycles. The highest BCUT2D eigenvalue weighted by molar-refractivity contribution is 6.04. The van der Waals surface area contributed by atoms with Crippen molar-refractivity contribution >= 4 is 17.4 Å². The van der Waals surface area contributed by atoms with E-state index in [1.54, 1.807) is 18.2 Å². The molecule has 0 bridgehead atoms. The van der Waals surface area contributed by atoms with Crippen molar-refractivity contribution in [3.8, 4) is 11.3 Å². The maximum Gasteiger partial charge on any atom is 0.433 e. The molecule has 1 aromatic carbocycles. The largest absolute Gasteiger partial charge is 0.433 e. The number of hydrogen-bond donors (Lipinski definition) is 2. The number of benzene rings is 1. The van der Waals surface area contributed by atoms with Gasteiger partial charge in [0, 0.05) is 55.4 Å². The summed E-state index contributed by atoms with van der Waals surface area (Å²) in [5, 5.41) is 21.0. The van der Waals surface area contributed by atoms with Crippen LogP contribution in [0.2, 0.25) is 0 Å². The summed E-state index contributed by atoms with van der Waals surface area (Å²) in [6.07, 6.45) is -2.01. The predicted molar refractivity (Wildman–Crippen MR) is 133 cm³/mol. The maximum atomic E-state index is 13.0. The molecule has 2 N–H and O–H groups in total. The van der Waals surface area contributed by atoms with Gasteiger partial charge in [-0.1, -0.05) is 6.07 Å². The number of hydrogen-bond acceptors (Lipinski definition) is 7. The van der Waals surface area contributed by atoms with Crippen LogP contribution in [0.25, 0.3) is 11.3 Å². The van der Waals surface area contributed by atoms with E-state index in [4.69, 9.17) is 4.74 Å². The number of aromatic nitrogens is 3. The Labute approximate surface area is 212 Å². The van der Waals surface area contributed by atoms with Crippen LogP contribution in [0.5, 0.6) is 0 Å². The third-order valence-corrected chi connectivity index (χ3v) is 6.34. The Morgan fingerprint density at radius 3 is 2.62 bits per heavy atom. The quantitative estimate of drug-likeness (QED) is 0.480. The number of pyridine rings is 1. The van der Waals surface area contributed by atoms with E-state index in [0.717, 1.165) is 41.8 Å². The lowest BCUT2D eigenvalue weighted by Crippen LogP contribution is -2.26. The molecule has 0 unspecified atom stereocenters. The van der Waals surface area contributed by atoms with Crippen LogP contribution in [0.1, 0.15) is 45.9 Å². The summed E-state index contributed by atoms with van der Waals surface area (Å²) in [7, 11) is 1.85. The Morgan fingerprint density at radius 1 is 1.16 bits per heavy atom. The van der Waals surface area contributed by atoms with E-state index >= 15 is 0 Å². The van der Waals surface area contributed by atoms with Gasteiger partial charge in [-0.05, 0) is 61.6 Å². The van der Waals surface area contributed by atoms with Gasteiger partial charge in [0.25, 0.3) is 5.91 Å². The van der Waals surface area contributed by atoms with E-state index in [0.29, 0.717) is 37.0 Å². The number of carbonyl (C=O) groups is 1. The normalized spacial score (nSPS) is 14.4. The topological polar surface area (TPSA) is 100 Å². The minimum atomic E-state index is -4.65. The van der Waals surface area contributed by atoms with Gasteiger partial charge in [-0.25, -0.2) is 0 Å². The zero-order valence-corrected chi connectivity index (χ0v) is 20.5. The number of nitrogens with zero attached hydrogens (tertiary/aromatic N) is 4. The lowest BCUT2D eigenvalue weighted by molar-refractivity contribution is -0.141. The second-order valence-corrected chi connectivity index (χ2v) is 8.95. The van der Waals surface area contributed by atoms with E-state index in [9.17, 15) is 23.1 Å². The lowest BCUT2D eigenvalue weighted by Gasteiger charge is -2.27. The number of anilines is 2. The van der Waals surface area contributed by atoms with Crippen LogP contribution in [0.15, 0.2) is 42.6 Å². The van der Waals surface area contributed by atoms with Crippen molar-refractivity contribution in [2.45, 2.75) is 31.9 Å². The number of likely N-dealkylation sites (N-methyl/N-ethyl adjacent to an activating group) is 1. The molecule has 8 nitrogen and oxygen atoms in total. The Kier molecular flexibility index (Phi) is 8.03. The summed E-state index contributed by atoms with van der Waals surface area (Å²) in [4.78, 5) is 17.9. The van der Waals surface area contributed by atoms with E-state index in [1.165, 1.54) is 6.07 Å². The van der Waals surface area contributed by atoms with Crippen molar-refractivity contribution in [3.05, 3.63) is 65.0 Å². The van der Waals surface area contributed by atoms with Crippen molar-refractivity contribution in [2.24, 2.45) is 0 Å². The first-order valence-corrected chi connectivity index (χ1v) is 11.9. The number of aliphatic hydroxyl groups is 1. The molecule has 1 aliphatic heterocycles. The maximum absolute atomic E-state index is 13.0. The van der Waals surface area contributed by atoms with Gasteiger partial charge in [0.15, 0.2) is 5.82 Å². The molecular weight excluding hydrogens is 487 g/mol. The first kappa shape index (κ1) is 26.5. The molecule has 1 aliphatic rings. The Morgan fingerprint density at radius 2 is 1.92 bits per heavy atom. The van der Waals surface area contributed by atoms with Crippen molar-refractivity contribution in [3.63, 3.8) is 0 Å². The Hall–Kier alpha value is -3.57. The van der Waals surface area contributed by atoms with Gasteiger partial charge in [-0.3, -0.25) is 9.78 Å². The molecule has 2 aromatic heterocycles. The SMILES string of the molecule is Cc1ccc(NC(=O)c2ccnc(C(F)(F)F)c2)cc1-c1cc(C2CCOCC2)c(N(C)CCO)nn1. The highest BCUT2D eigenvalue weighted by atomic mass is 19.4. The first-order chi connectivity index (χ1) is 17.7. The third kappa shape index (κ3) is 6.23. The smallest absolute Gasteiger partial charge is 0.395 e. The second kappa shape index (κ2) is 11.2. The fraction of sp³-hybridized carbons (Fsp3) is 0.385. The molecule has 1 fully saturated rings. The second-order valence-electron chi connectivity index (χ2n) is 8.95. The average molecular weight is 516 g/mol. The van der Waals surface area contributed by atoms with Gasteiger partial charge in [0.05, 0.1) is 12.3 Å². The van der Waals surface area contributed by atoms with Gasteiger partial charge in [-0.15, -0.1) is 10.2 Å². The molecule has 0 aliphatic carbocycles. The standard InChI is InChI=1S/C26H28F3N5O3/c1-16-3-4-19(31-25(36)18-5-8-30-23(13-18)26(27,28)29)14-20(16)22-15-21(17-6-11-37-12-7-17)24(33-32-22)34(2)9-10-35/h3-5,8,13-15,17,35H,6-7,9-12H2,1-2H3,(H,31,36). The third-order valence-electron chi connectivity index (χ3n) is 6.34. The summed E-state index contributed by atoms with van der Waals surface area (Å²) >= 11 is 0. The number of nitrogens with one attached hydrogen (secondary N) is 1. The number of ether oxygens (including phenoxy) is 1. The zero-order valence-electron chi connectivity index (χ0n) is 20.5. The molecule has 196 valence electrons. The number of halogens is 3. The van der Waals surface area contributed by atoms with Gasteiger partial charge in [0.2, 0.25) is 0 Å². The highest BCUT2D eigenvalue weighted by Gasteiger charge is 2.33. The highest BCUT2D eigenvalue weighted by Crippen LogP contribution is 2.36. The van der Waals surface area contributed by atoms with Crippen LogP contribution >= 0.6 is 0 Å². The fourth-order valence-corrected chi connectivity index (χ4v) is 4.30. The van der Waals surface area contributed by atoms with Crippen molar-refractivity contribution < 1.29 is 27.8 Å². The van der Waals surface area contributed by atoms with Gasteiger partial charge >= 0.3 is 6.18 Å². The van der Waals surface area contributed by atoms with E-state index in [2.05, 4.69) is 20.5 Å². The number of rotatable bonds is 7. The molecule has 0 saturated carbocycles. The molecule has 3 heterocycles. The van der Waals surface area contributed by atoms with Crippen LogP contribution in [0.3, 0.4) is 0 Å². The number of carbonyl (C=O) groups excluding carboxylic acids is 1. The van der Waals surface area contributed by atoms with Crippen LogP contribution in [0, 0.1) is 6.92 Å².